The van der Waals surface area contributed by atoms with Crippen LogP contribution in [0.1, 0.15) is 41.9 Å². The Hall–Kier alpha value is -3.81. The summed E-state index contributed by atoms with van der Waals surface area (Å²) in [7, 11) is 0. The van der Waals surface area contributed by atoms with Crippen molar-refractivity contribution in [3.63, 3.8) is 0 Å². The van der Waals surface area contributed by atoms with Crippen LogP contribution in [-0.4, -0.2) is 22.0 Å². The Morgan fingerprint density at radius 3 is 2.41 bits per heavy atom. The molecule has 0 bridgehead atoms. The molecule has 8 heteroatoms. The number of hydrogen-bond donors (Lipinski definition) is 2. The summed E-state index contributed by atoms with van der Waals surface area (Å²) < 4.78 is 0. The second-order valence-electron chi connectivity index (χ2n) is 7.52. The Labute approximate surface area is 206 Å². The molecular weight excluding hydrogens is 468 g/mol. The van der Waals surface area contributed by atoms with E-state index in [2.05, 4.69) is 20.8 Å². The van der Waals surface area contributed by atoms with Crippen molar-refractivity contribution in [1.29, 1.82) is 0 Å². The van der Waals surface area contributed by atoms with E-state index in [1.54, 1.807) is 24.3 Å². The van der Waals surface area contributed by atoms with Gasteiger partial charge in [-0.25, -0.2) is 0 Å². The van der Waals surface area contributed by atoms with Gasteiger partial charge < -0.3 is 10.6 Å². The van der Waals surface area contributed by atoms with Gasteiger partial charge in [-0.3, -0.25) is 9.59 Å². The molecule has 2 N–H and O–H groups in total. The van der Waals surface area contributed by atoms with Crippen LogP contribution in [0, 0.1) is 6.92 Å². The van der Waals surface area contributed by atoms with Crippen LogP contribution in [0.2, 0.25) is 0 Å². The van der Waals surface area contributed by atoms with Gasteiger partial charge in [0.1, 0.15) is 0 Å². The number of benzene rings is 3. The molecule has 170 valence electrons. The first kappa shape index (κ1) is 23.4. The molecule has 4 aromatic rings. The Balaban J connectivity index is 1.41. The monoisotopic (exact) mass is 488 g/mol. The van der Waals surface area contributed by atoms with E-state index in [1.165, 1.54) is 0 Å². The van der Waals surface area contributed by atoms with E-state index in [9.17, 15) is 9.59 Å². The maximum atomic E-state index is 12.5. The quantitative estimate of drug-likeness (QED) is 0.346. The summed E-state index contributed by atoms with van der Waals surface area (Å²) in [5.74, 6) is -0.500. The lowest BCUT2D eigenvalue weighted by Crippen LogP contribution is -2.22. The molecule has 0 aliphatic rings. The third-order valence-corrected chi connectivity index (χ3v) is 6.23. The molecule has 0 atom stereocenters. The Kier molecular flexibility index (Phi) is 7.47. The van der Waals surface area contributed by atoms with Crippen molar-refractivity contribution in [3.05, 3.63) is 111 Å². The van der Waals surface area contributed by atoms with Crippen molar-refractivity contribution in [2.45, 2.75) is 13.5 Å². The number of carbonyl (C=O) groups excluding carboxylic acids is 2. The molecule has 6 nitrogen and oxygen atoms in total. The van der Waals surface area contributed by atoms with Crippen molar-refractivity contribution < 1.29 is 9.59 Å². The minimum Gasteiger partial charge on any atom is -0.346 e. The smallest absolute Gasteiger partial charge is 0.282 e. The summed E-state index contributed by atoms with van der Waals surface area (Å²) in [6, 6.07) is 24.3. The Bertz CT molecular complexity index is 1330. The van der Waals surface area contributed by atoms with E-state index in [4.69, 9.17) is 11.6 Å². The summed E-state index contributed by atoms with van der Waals surface area (Å²) in [6.07, 6.45) is 1.72. The van der Waals surface area contributed by atoms with E-state index in [0.29, 0.717) is 27.8 Å². The molecule has 3 aromatic carbocycles. The van der Waals surface area contributed by atoms with Gasteiger partial charge in [-0.15, -0.1) is 10.2 Å². The fourth-order valence-electron chi connectivity index (χ4n) is 3.09. The first-order valence-corrected chi connectivity index (χ1v) is 11.7. The minimum absolute atomic E-state index is 0.192. The molecule has 0 aliphatic heterocycles. The van der Waals surface area contributed by atoms with Crippen LogP contribution >= 0.6 is 22.9 Å². The number of carbonyl (C=O) groups is 2. The van der Waals surface area contributed by atoms with Crippen LogP contribution in [0.15, 0.2) is 78.9 Å². The molecule has 0 saturated carbocycles. The minimum atomic E-state index is -0.308. The van der Waals surface area contributed by atoms with Gasteiger partial charge in [-0.1, -0.05) is 83.1 Å². The summed E-state index contributed by atoms with van der Waals surface area (Å²) in [4.78, 5) is 24.9. The molecule has 0 unspecified atom stereocenters. The number of amides is 2. The highest BCUT2D eigenvalue weighted by Crippen LogP contribution is 2.26. The van der Waals surface area contributed by atoms with Crippen molar-refractivity contribution in [2.75, 3.05) is 5.32 Å². The topological polar surface area (TPSA) is 84.0 Å². The van der Waals surface area contributed by atoms with Crippen LogP contribution < -0.4 is 10.6 Å². The van der Waals surface area contributed by atoms with Gasteiger partial charge in [0.05, 0.1) is 5.03 Å². The maximum Gasteiger partial charge on any atom is 0.282 e. The van der Waals surface area contributed by atoms with Gasteiger partial charge in [0.25, 0.3) is 11.8 Å². The zero-order valence-electron chi connectivity index (χ0n) is 18.3. The van der Waals surface area contributed by atoms with Crippen LogP contribution in [0.5, 0.6) is 0 Å². The summed E-state index contributed by atoms with van der Waals surface area (Å²) in [5, 5.41) is 14.7. The number of nitrogens with zero attached hydrogens (tertiary/aromatic N) is 2. The zero-order chi connectivity index (χ0) is 23.9. The molecule has 0 spiro atoms. The third-order valence-electron chi connectivity index (χ3n) is 4.87. The van der Waals surface area contributed by atoms with Gasteiger partial charge >= 0.3 is 0 Å². The Morgan fingerprint density at radius 1 is 0.912 bits per heavy atom. The average Bonchev–Trinajstić information content (AvgIpc) is 3.35. The number of halogens is 1. The molecule has 4 rings (SSSR count). The molecular formula is C26H21ClN4O2S. The van der Waals surface area contributed by atoms with E-state index in [-0.39, 0.29) is 16.8 Å². The van der Waals surface area contributed by atoms with Crippen molar-refractivity contribution in [1.82, 2.24) is 15.5 Å². The largest absolute Gasteiger partial charge is 0.346 e. The van der Waals surface area contributed by atoms with E-state index < -0.39 is 0 Å². The van der Waals surface area contributed by atoms with E-state index in [1.807, 2.05) is 67.6 Å². The highest BCUT2D eigenvalue weighted by atomic mass is 35.5. The van der Waals surface area contributed by atoms with E-state index in [0.717, 1.165) is 28.0 Å². The molecule has 0 radical (unpaired) electrons. The summed E-state index contributed by atoms with van der Waals surface area (Å²) in [5.41, 5.74) is 4.08. The maximum absolute atomic E-state index is 12.5. The predicted octanol–water partition coefficient (Wildman–Crippen LogP) is 5.77. The first-order chi connectivity index (χ1) is 16.5. The molecule has 2 amide bonds. The SMILES string of the molecule is Cc1ccc(C(=O)Nc2cccc(/C=C(\Cl)c3nnc(C(=O)NCc4ccccc4)s3)c2)cc1. The number of aromatic nitrogens is 2. The standard InChI is InChI=1S/C26H21ClN4O2S/c1-17-10-12-20(13-11-17)23(32)29-21-9-5-8-19(14-21)15-22(27)25-30-31-26(34-25)24(33)28-16-18-6-3-2-4-7-18/h2-15H,16H2,1H3,(H,28,33)(H,29,32)/b22-15-. The number of aryl methyl sites for hydroxylation is 1. The number of hydrogen-bond acceptors (Lipinski definition) is 5. The van der Waals surface area contributed by atoms with Crippen molar-refractivity contribution in [2.24, 2.45) is 0 Å². The molecule has 0 saturated heterocycles. The molecule has 0 aliphatic carbocycles. The van der Waals surface area contributed by atoms with Gasteiger partial charge in [0.2, 0.25) is 5.01 Å². The Morgan fingerprint density at radius 2 is 1.65 bits per heavy atom. The second kappa shape index (κ2) is 10.9. The summed E-state index contributed by atoms with van der Waals surface area (Å²) >= 11 is 7.56. The van der Waals surface area contributed by atoms with Crippen molar-refractivity contribution in [3.8, 4) is 0 Å². The normalized spacial score (nSPS) is 11.2. The van der Waals surface area contributed by atoms with Crippen LogP contribution in [0.3, 0.4) is 0 Å². The second-order valence-corrected chi connectivity index (χ2v) is 8.90. The highest BCUT2D eigenvalue weighted by Gasteiger charge is 2.14. The lowest BCUT2D eigenvalue weighted by Gasteiger charge is -2.06. The average molecular weight is 489 g/mol. The van der Waals surface area contributed by atoms with Gasteiger partial charge in [-0.2, -0.15) is 0 Å². The van der Waals surface area contributed by atoms with Crippen LogP contribution in [0.4, 0.5) is 5.69 Å². The molecule has 1 aromatic heterocycles. The fourth-order valence-corrected chi connectivity index (χ4v) is 4.04. The third kappa shape index (κ3) is 6.15. The van der Waals surface area contributed by atoms with Crippen molar-refractivity contribution >= 4 is 51.5 Å². The predicted molar refractivity (Wildman–Crippen MR) is 137 cm³/mol. The highest BCUT2D eigenvalue weighted by molar-refractivity contribution is 7.15. The first-order valence-electron chi connectivity index (χ1n) is 10.5. The van der Waals surface area contributed by atoms with Crippen LogP contribution in [0.25, 0.3) is 11.1 Å². The number of nitrogens with one attached hydrogen (secondary N) is 2. The fraction of sp³-hybridized carbons (Fsp3) is 0.0769. The van der Waals surface area contributed by atoms with E-state index >= 15 is 0 Å². The van der Waals surface area contributed by atoms with Crippen LogP contribution in [-0.2, 0) is 6.54 Å². The lowest BCUT2D eigenvalue weighted by atomic mass is 10.1. The number of rotatable bonds is 7. The molecule has 0 fully saturated rings. The van der Waals surface area contributed by atoms with Gasteiger partial charge in [-0.05, 0) is 48.4 Å². The number of anilines is 1. The zero-order valence-corrected chi connectivity index (χ0v) is 19.9. The lowest BCUT2D eigenvalue weighted by molar-refractivity contribution is 0.0949. The van der Waals surface area contributed by atoms with Gasteiger partial charge in [0, 0.05) is 17.8 Å². The summed E-state index contributed by atoms with van der Waals surface area (Å²) in [6.45, 7) is 2.37. The van der Waals surface area contributed by atoms with Gasteiger partial charge in [0.15, 0.2) is 5.01 Å². The molecule has 34 heavy (non-hydrogen) atoms. The molecule has 1 heterocycles.